The molecular formula is C8H11LiZr. The van der Waals surface area contributed by atoms with Gasteiger partial charge in [-0.2, -0.15) is 0 Å². The zero-order valence-electron chi connectivity index (χ0n) is 6.72. The summed E-state index contributed by atoms with van der Waals surface area (Å²) in [6.45, 7) is 2.23. The molecule has 0 saturated heterocycles. The van der Waals surface area contributed by atoms with Gasteiger partial charge in [0.2, 0.25) is 0 Å². The molecule has 0 aromatic rings. The standard InChI is InChI=1S/C8H11.Li.Zr/c1-2-5-8-6-3-4-7-8;;/h3-4,6-7H,2,5H2,1H3;;. The molecule has 1 rings (SSSR count). The first-order valence-electron chi connectivity index (χ1n) is 3.64. The van der Waals surface area contributed by atoms with E-state index in [9.17, 15) is 0 Å². The van der Waals surface area contributed by atoms with Gasteiger partial charge in [-0.25, -0.2) is 0 Å². The molecule has 1 aliphatic carbocycles. The molecule has 0 N–H and O–H groups in total. The van der Waals surface area contributed by atoms with Gasteiger partial charge in [0.05, 0.1) is 0 Å². The van der Waals surface area contributed by atoms with Crippen molar-refractivity contribution in [3.63, 3.8) is 0 Å². The van der Waals surface area contributed by atoms with E-state index in [-0.39, 0.29) is 26.2 Å². The Morgan fingerprint density at radius 1 is 1.30 bits per heavy atom. The van der Waals surface area contributed by atoms with Gasteiger partial charge >= 0.3 is 65.9 Å². The average molecular weight is 205 g/mol. The monoisotopic (exact) mass is 204 g/mol. The molecule has 1 aliphatic rings. The predicted octanol–water partition coefficient (Wildman–Crippen LogP) is 2.24. The van der Waals surface area contributed by atoms with Crippen LogP contribution >= 0.6 is 0 Å². The third-order valence-corrected chi connectivity index (χ3v) is 1.85. The summed E-state index contributed by atoms with van der Waals surface area (Å²) >= 11 is 2.27. The predicted molar refractivity (Wildman–Crippen MR) is 41.6 cm³/mol. The van der Waals surface area contributed by atoms with E-state index in [4.69, 9.17) is 0 Å². The van der Waals surface area contributed by atoms with Gasteiger partial charge in [-0.1, -0.05) is 0 Å². The number of allylic oxidation sites excluding steroid dienone is 4. The van der Waals surface area contributed by atoms with Gasteiger partial charge in [0.25, 0.3) is 0 Å². The van der Waals surface area contributed by atoms with Crippen LogP contribution in [-0.4, -0.2) is 17.7 Å². The fourth-order valence-corrected chi connectivity index (χ4v) is 1.31. The molecule has 2 heteroatoms. The summed E-state index contributed by atoms with van der Waals surface area (Å²) in [7, 11) is 0. The molecule has 0 unspecified atom stereocenters. The maximum absolute atomic E-state index is 2.27. The zero-order valence-corrected chi connectivity index (χ0v) is 9.18. The number of hydrogen-bond acceptors (Lipinski definition) is 0. The van der Waals surface area contributed by atoms with Gasteiger partial charge < -0.3 is 0 Å². The van der Waals surface area contributed by atoms with Crippen molar-refractivity contribution in [3.8, 4) is 0 Å². The van der Waals surface area contributed by atoms with Gasteiger partial charge in [0.15, 0.2) is 0 Å². The molecule has 0 atom stereocenters. The van der Waals surface area contributed by atoms with Crippen molar-refractivity contribution >= 4 is 17.7 Å². The van der Waals surface area contributed by atoms with Crippen molar-refractivity contribution < 1.29 is 26.2 Å². The zero-order chi connectivity index (χ0) is 6.74. The largest absolute Gasteiger partial charge is 0 e. The van der Waals surface area contributed by atoms with E-state index < -0.39 is 0 Å². The van der Waals surface area contributed by atoms with E-state index in [1.54, 1.807) is 0 Å². The molecule has 0 saturated carbocycles. The van der Waals surface area contributed by atoms with Crippen molar-refractivity contribution in [2.45, 2.75) is 23.9 Å². The Hall–Kier alpha value is 0.961. The van der Waals surface area contributed by atoms with Crippen molar-refractivity contribution in [2.24, 2.45) is 0 Å². The van der Waals surface area contributed by atoms with E-state index in [2.05, 4.69) is 48.9 Å². The quantitative estimate of drug-likeness (QED) is 0.607. The van der Waals surface area contributed by atoms with Crippen LogP contribution in [0.25, 0.3) is 0 Å². The smallest absolute Gasteiger partial charge is 0 e. The summed E-state index contributed by atoms with van der Waals surface area (Å²) in [5, 5.41) is 0. The van der Waals surface area contributed by atoms with Crippen LogP contribution in [0.2, 0.25) is 4.09 Å². The average Bonchev–Trinajstić information content (AvgIpc) is 2.16. The fourth-order valence-electron chi connectivity index (χ4n) is 1.31. The van der Waals surface area contributed by atoms with Gasteiger partial charge in [-0.3, -0.25) is 0 Å². The fraction of sp³-hybridized carbons (Fsp3) is 0.500. The van der Waals surface area contributed by atoms with Crippen LogP contribution in [0, 0.1) is 0 Å². The van der Waals surface area contributed by atoms with E-state index in [0.29, 0.717) is 4.09 Å². The molecule has 0 aromatic heterocycles. The van der Waals surface area contributed by atoms with Crippen LogP contribution in [0.5, 0.6) is 0 Å². The minimum Gasteiger partial charge on any atom is 0 e. The van der Waals surface area contributed by atoms with Crippen molar-refractivity contribution in [2.75, 3.05) is 0 Å². The van der Waals surface area contributed by atoms with Crippen LogP contribution < -0.4 is 0 Å². The van der Waals surface area contributed by atoms with Crippen molar-refractivity contribution in [1.82, 2.24) is 0 Å². The third kappa shape index (κ3) is 2.91. The SMILES string of the molecule is [Li][C]1(CCC)C=CC=C1.[Zr]. The van der Waals surface area contributed by atoms with Gasteiger partial charge in [0, 0.05) is 26.2 Å². The molecule has 0 bridgehead atoms. The minimum absolute atomic E-state index is 0. The van der Waals surface area contributed by atoms with Crippen molar-refractivity contribution in [3.05, 3.63) is 24.3 Å². The molecule has 0 aliphatic heterocycles. The topological polar surface area (TPSA) is 0 Å². The molecule has 0 amide bonds. The third-order valence-electron chi connectivity index (χ3n) is 1.85. The molecule has 0 heterocycles. The Morgan fingerprint density at radius 3 is 2.20 bits per heavy atom. The maximum Gasteiger partial charge on any atom is 0 e. The van der Waals surface area contributed by atoms with Crippen LogP contribution in [0.15, 0.2) is 24.3 Å². The summed E-state index contributed by atoms with van der Waals surface area (Å²) in [5.41, 5.74) is 0. The Balaban J connectivity index is 0.000000810. The Kier molecular flexibility index (Phi) is 5.22. The second-order valence-corrected chi connectivity index (χ2v) is 2.97. The molecule has 0 radical (unpaired) electrons. The van der Waals surface area contributed by atoms with E-state index in [1.165, 1.54) is 12.8 Å². The van der Waals surface area contributed by atoms with Gasteiger partial charge in [-0.05, 0) is 0 Å². The molecular weight excluding hydrogens is 194 g/mol. The molecule has 0 nitrogen and oxygen atoms in total. The second kappa shape index (κ2) is 4.76. The maximum atomic E-state index is 2.27. The van der Waals surface area contributed by atoms with Gasteiger partial charge in [0.1, 0.15) is 0 Å². The van der Waals surface area contributed by atoms with Crippen LogP contribution in [0.4, 0.5) is 0 Å². The molecule has 0 fully saturated rings. The summed E-state index contributed by atoms with van der Waals surface area (Å²) in [6, 6.07) is 0. The minimum atomic E-state index is 0. The van der Waals surface area contributed by atoms with Gasteiger partial charge in [-0.15, -0.1) is 0 Å². The summed E-state index contributed by atoms with van der Waals surface area (Å²) in [4.78, 5) is 0. The molecule has 10 heavy (non-hydrogen) atoms. The second-order valence-electron chi connectivity index (χ2n) is 2.97. The number of hydrogen-bond donors (Lipinski definition) is 0. The molecule has 0 spiro atoms. The van der Waals surface area contributed by atoms with E-state index in [1.807, 2.05) is 0 Å². The van der Waals surface area contributed by atoms with Crippen LogP contribution in [0.1, 0.15) is 19.8 Å². The summed E-state index contributed by atoms with van der Waals surface area (Å²) in [6.07, 6.45) is 11.4. The Labute approximate surface area is 91.5 Å². The first-order valence-corrected chi connectivity index (χ1v) is 3.64. The number of rotatable bonds is 2. The molecule has 0 aromatic carbocycles. The summed E-state index contributed by atoms with van der Waals surface area (Å²) < 4.78 is 0.384. The Morgan fingerprint density at radius 2 is 1.80 bits per heavy atom. The molecule has 48 valence electrons. The normalized spacial score (nSPS) is 19.1. The summed E-state index contributed by atoms with van der Waals surface area (Å²) in [5.74, 6) is 0. The van der Waals surface area contributed by atoms with Crippen molar-refractivity contribution in [1.29, 1.82) is 0 Å². The van der Waals surface area contributed by atoms with E-state index >= 15 is 0 Å². The Bertz CT molecular complexity index is 137. The first-order chi connectivity index (χ1) is 4.27. The first kappa shape index (κ1) is 11.0. The van der Waals surface area contributed by atoms with E-state index in [0.717, 1.165) is 0 Å². The van der Waals surface area contributed by atoms with Crippen LogP contribution in [0.3, 0.4) is 0 Å². The van der Waals surface area contributed by atoms with Crippen LogP contribution in [-0.2, 0) is 26.2 Å².